The van der Waals surface area contributed by atoms with Gasteiger partial charge in [-0.15, -0.1) is 0 Å². The van der Waals surface area contributed by atoms with E-state index in [0.29, 0.717) is 28.8 Å². The van der Waals surface area contributed by atoms with Crippen LogP contribution >= 0.6 is 11.6 Å². The van der Waals surface area contributed by atoms with Gasteiger partial charge in [-0.1, -0.05) is 17.7 Å². The smallest absolute Gasteiger partial charge is 0.285 e. The first-order valence-corrected chi connectivity index (χ1v) is 16.9. The van der Waals surface area contributed by atoms with Crippen molar-refractivity contribution < 1.29 is 13.2 Å². The van der Waals surface area contributed by atoms with Crippen LogP contribution in [0.4, 0.5) is 11.6 Å². The van der Waals surface area contributed by atoms with Crippen molar-refractivity contribution in [2.75, 3.05) is 29.6 Å². The van der Waals surface area contributed by atoms with E-state index in [9.17, 15) is 18.0 Å². The minimum absolute atomic E-state index is 0.0402. The number of nitrogens with one attached hydrogen (secondary N) is 2. The standard InChI is InChI=1S/C30H35ClN8O4S/c1-17-15-21(18(2)33-23-7-8-25(31)34-27(23)28(40)36-44(4,42)43)26-22(16-17)29(41)37(3)30(35-26)38-13-10-19(11-14-38)24-9-12-32-39(24)20-5-6-20/h7-9,12,15-16,18-20,33H,5-6,10-11,13-14H2,1-4H3,(H,36,40)/t18-/m1/s1. The molecule has 3 aromatic heterocycles. The van der Waals surface area contributed by atoms with Crippen LogP contribution in [-0.4, -0.2) is 58.0 Å². The zero-order chi connectivity index (χ0) is 31.3. The molecule has 1 aliphatic heterocycles. The summed E-state index contributed by atoms with van der Waals surface area (Å²) in [5.74, 6) is 0.114. The Morgan fingerprint density at radius 2 is 1.82 bits per heavy atom. The van der Waals surface area contributed by atoms with Crippen LogP contribution < -0.4 is 20.5 Å². The molecular weight excluding hydrogens is 604 g/mol. The molecule has 2 N–H and O–H groups in total. The lowest BCUT2D eigenvalue weighted by Gasteiger charge is -2.34. The molecule has 1 amide bonds. The number of aryl methyl sites for hydroxylation is 1. The maximum atomic E-state index is 13.7. The average molecular weight is 639 g/mol. The van der Waals surface area contributed by atoms with E-state index in [2.05, 4.69) is 31.0 Å². The summed E-state index contributed by atoms with van der Waals surface area (Å²) in [6.07, 6.45) is 7.04. The molecule has 1 aromatic carbocycles. The summed E-state index contributed by atoms with van der Waals surface area (Å²) < 4.78 is 29.2. The van der Waals surface area contributed by atoms with E-state index < -0.39 is 22.0 Å². The first-order valence-electron chi connectivity index (χ1n) is 14.6. The second kappa shape index (κ2) is 11.5. The maximum absolute atomic E-state index is 13.7. The minimum Gasteiger partial charge on any atom is -0.377 e. The number of rotatable bonds is 8. The summed E-state index contributed by atoms with van der Waals surface area (Å²) in [4.78, 5) is 37.8. The molecule has 2 fully saturated rings. The van der Waals surface area contributed by atoms with Crippen LogP contribution in [0.5, 0.6) is 0 Å². The van der Waals surface area contributed by atoms with Gasteiger partial charge in [-0.2, -0.15) is 5.10 Å². The van der Waals surface area contributed by atoms with Gasteiger partial charge in [0.05, 0.1) is 34.9 Å². The third kappa shape index (κ3) is 6.03. The van der Waals surface area contributed by atoms with Crippen LogP contribution in [0.15, 0.2) is 41.3 Å². The van der Waals surface area contributed by atoms with E-state index in [1.165, 1.54) is 24.6 Å². The van der Waals surface area contributed by atoms with Crippen LogP contribution in [0.2, 0.25) is 5.15 Å². The number of amides is 1. The lowest BCUT2D eigenvalue weighted by Crippen LogP contribution is -2.38. The van der Waals surface area contributed by atoms with E-state index in [-0.39, 0.29) is 22.1 Å². The molecule has 1 saturated heterocycles. The van der Waals surface area contributed by atoms with Gasteiger partial charge in [0.1, 0.15) is 5.15 Å². The molecule has 0 radical (unpaired) electrons. The van der Waals surface area contributed by atoms with Crippen molar-refractivity contribution in [3.05, 3.63) is 74.6 Å². The van der Waals surface area contributed by atoms with Gasteiger partial charge in [0.25, 0.3) is 11.5 Å². The first-order chi connectivity index (χ1) is 20.9. The molecule has 1 aliphatic carbocycles. The summed E-state index contributed by atoms with van der Waals surface area (Å²) in [6, 6.07) is 9.11. The van der Waals surface area contributed by atoms with Crippen molar-refractivity contribution in [1.82, 2.24) is 29.0 Å². The molecule has 1 saturated carbocycles. The number of nitrogens with zero attached hydrogens (tertiary/aromatic N) is 6. The normalized spacial score (nSPS) is 16.7. The number of aromatic nitrogens is 5. The van der Waals surface area contributed by atoms with Gasteiger partial charge < -0.3 is 10.2 Å². The van der Waals surface area contributed by atoms with Gasteiger partial charge in [0.15, 0.2) is 5.69 Å². The quantitative estimate of drug-likeness (QED) is 0.273. The highest BCUT2D eigenvalue weighted by Gasteiger charge is 2.31. The fourth-order valence-corrected chi connectivity index (χ4v) is 6.63. The lowest BCUT2D eigenvalue weighted by atomic mass is 9.93. The summed E-state index contributed by atoms with van der Waals surface area (Å²) in [5.41, 5.74) is 3.48. The molecule has 4 aromatic rings. The van der Waals surface area contributed by atoms with Crippen LogP contribution in [0.1, 0.15) is 77.9 Å². The van der Waals surface area contributed by atoms with E-state index >= 15 is 0 Å². The molecule has 44 heavy (non-hydrogen) atoms. The number of pyridine rings is 1. The number of hydrogen-bond acceptors (Lipinski definition) is 9. The summed E-state index contributed by atoms with van der Waals surface area (Å²) in [5, 5.41) is 8.37. The van der Waals surface area contributed by atoms with Gasteiger partial charge in [-0.05, 0) is 69.4 Å². The third-order valence-corrected chi connectivity index (χ3v) is 9.08. The van der Waals surface area contributed by atoms with Crippen molar-refractivity contribution in [3.63, 3.8) is 0 Å². The number of carbonyl (C=O) groups is 1. The van der Waals surface area contributed by atoms with Crippen molar-refractivity contribution in [3.8, 4) is 0 Å². The lowest BCUT2D eigenvalue weighted by molar-refractivity contribution is 0.0977. The van der Waals surface area contributed by atoms with Gasteiger partial charge in [0.2, 0.25) is 16.0 Å². The first kappa shape index (κ1) is 30.1. The monoisotopic (exact) mass is 638 g/mol. The second-order valence-electron chi connectivity index (χ2n) is 11.8. The largest absolute Gasteiger partial charge is 0.377 e. The number of anilines is 2. The zero-order valence-corrected chi connectivity index (χ0v) is 26.6. The Kier molecular flexibility index (Phi) is 7.87. The molecular formula is C30H35ClN8O4S. The predicted octanol–water partition coefficient (Wildman–Crippen LogP) is 4.07. The number of benzene rings is 1. The fourth-order valence-electron chi connectivity index (χ4n) is 6.05. The van der Waals surface area contributed by atoms with Crippen LogP contribution in [-0.2, 0) is 17.1 Å². The van der Waals surface area contributed by atoms with E-state index in [1.54, 1.807) is 17.7 Å². The summed E-state index contributed by atoms with van der Waals surface area (Å²) >= 11 is 6.05. The highest BCUT2D eigenvalue weighted by molar-refractivity contribution is 7.89. The Balaban J connectivity index is 1.31. The summed E-state index contributed by atoms with van der Waals surface area (Å²) in [6.45, 7) is 5.32. The molecule has 1 atom stereocenters. The Morgan fingerprint density at radius 3 is 2.50 bits per heavy atom. The average Bonchev–Trinajstić information content (AvgIpc) is 3.70. The van der Waals surface area contributed by atoms with Crippen molar-refractivity contribution in [1.29, 1.82) is 0 Å². The molecule has 12 nitrogen and oxygen atoms in total. The zero-order valence-electron chi connectivity index (χ0n) is 25.0. The van der Waals surface area contributed by atoms with Crippen molar-refractivity contribution >= 4 is 50.1 Å². The Labute approximate surface area is 260 Å². The Morgan fingerprint density at radius 1 is 1.09 bits per heavy atom. The van der Waals surface area contributed by atoms with Gasteiger partial charge >= 0.3 is 0 Å². The maximum Gasteiger partial charge on any atom is 0.285 e. The number of piperidine rings is 1. The van der Waals surface area contributed by atoms with Gasteiger partial charge in [-0.3, -0.25) is 18.8 Å². The molecule has 14 heteroatoms. The van der Waals surface area contributed by atoms with E-state index in [0.717, 1.165) is 43.3 Å². The number of halogens is 1. The molecule has 2 aliphatic rings. The van der Waals surface area contributed by atoms with Crippen molar-refractivity contribution in [2.45, 2.75) is 57.5 Å². The van der Waals surface area contributed by atoms with E-state index in [4.69, 9.17) is 16.6 Å². The van der Waals surface area contributed by atoms with Gasteiger partial charge in [-0.25, -0.2) is 23.1 Å². The Hall–Kier alpha value is -3.97. The van der Waals surface area contributed by atoms with Crippen LogP contribution in [0, 0.1) is 6.92 Å². The van der Waals surface area contributed by atoms with Gasteiger partial charge in [0, 0.05) is 43.5 Å². The topological polar surface area (TPSA) is 144 Å². The van der Waals surface area contributed by atoms with Crippen LogP contribution in [0.3, 0.4) is 0 Å². The highest BCUT2D eigenvalue weighted by atomic mass is 35.5. The number of hydrogen-bond donors (Lipinski definition) is 2. The SMILES string of the molecule is Cc1cc([C@@H](C)Nc2ccc(Cl)nc2C(=O)NS(C)(=O)=O)c2nc(N3CCC(c4ccnn4C4CC4)CC3)n(C)c(=O)c2c1. The molecule has 6 rings (SSSR count). The van der Waals surface area contributed by atoms with Crippen molar-refractivity contribution in [2.24, 2.45) is 7.05 Å². The third-order valence-electron chi connectivity index (χ3n) is 8.31. The number of carbonyl (C=O) groups excluding carboxylic acids is 1. The second-order valence-corrected chi connectivity index (χ2v) is 14.0. The molecule has 0 unspecified atom stereocenters. The molecule has 4 heterocycles. The molecule has 232 valence electrons. The molecule has 0 bridgehead atoms. The fraction of sp³-hybridized carbons (Fsp3) is 0.433. The molecule has 0 spiro atoms. The Bertz CT molecular complexity index is 1930. The summed E-state index contributed by atoms with van der Waals surface area (Å²) in [7, 11) is -2.07. The minimum atomic E-state index is -3.83. The van der Waals surface area contributed by atoms with E-state index in [1.807, 2.05) is 36.9 Å². The highest BCUT2D eigenvalue weighted by Crippen LogP contribution is 2.39. The number of sulfonamides is 1. The van der Waals surface area contributed by atoms with Crippen LogP contribution in [0.25, 0.3) is 10.9 Å². The predicted molar refractivity (Wildman–Crippen MR) is 170 cm³/mol. The number of fused-ring (bicyclic) bond motifs is 1.